The molecule has 0 saturated heterocycles. The van der Waals surface area contributed by atoms with E-state index in [2.05, 4.69) is 20.6 Å². The summed E-state index contributed by atoms with van der Waals surface area (Å²) in [4.78, 5) is 17.3. The lowest BCUT2D eigenvalue weighted by Gasteiger charge is -2.12. The first-order chi connectivity index (χ1) is 9.38. The van der Waals surface area contributed by atoms with E-state index in [1.165, 1.54) is 7.05 Å². The zero-order chi connectivity index (χ0) is 14.8. The smallest absolute Gasteiger partial charge is 0.373 e. The summed E-state index contributed by atoms with van der Waals surface area (Å²) in [6.45, 7) is 0.191. The molecule has 0 spiro atoms. The molecule has 0 amide bonds. The van der Waals surface area contributed by atoms with Crippen molar-refractivity contribution in [1.82, 2.24) is 9.97 Å². The van der Waals surface area contributed by atoms with Gasteiger partial charge < -0.3 is 15.6 Å². The molecule has 3 N–H and O–H groups in total. The molecule has 2 aromatic heterocycles. The molecule has 0 aliphatic heterocycles. The molecule has 0 aromatic carbocycles. The minimum atomic E-state index is -4.44. The van der Waals surface area contributed by atoms with E-state index in [1.807, 2.05) is 0 Å². The van der Waals surface area contributed by atoms with Crippen molar-refractivity contribution < 1.29 is 13.2 Å². The molecule has 0 atom stereocenters. The van der Waals surface area contributed by atoms with Gasteiger partial charge in [-0.05, 0) is 12.1 Å². The van der Waals surface area contributed by atoms with Crippen molar-refractivity contribution in [2.24, 2.45) is 0 Å². The van der Waals surface area contributed by atoms with Crippen LogP contribution in [0.5, 0.6) is 0 Å². The maximum Gasteiger partial charge on any atom is 0.416 e. The van der Waals surface area contributed by atoms with Crippen LogP contribution in [0, 0.1) is 0 Å². The lowest BCUT2D eigenvalue weighted by molar-refractivity contribution is -0.137. The van der Waals surface area contributed by atoms with Crippen molar-refractivity contribution >= 4 is 23.0 Å². The fourth-order valence-corrected chi connectivity index (χ4v) is 2.08. The number of halogens is 3. The maximum absolute atomic E-state index is 12.7. The van der Waals surface area contributed by atoms with E-state index < -0.39 is 11.7 Å². The van der Waals surface area contributed by atoms with E-state index in [-0.39, 0.29) is 23.1 Å². The van der Waals surface area contributed by atoms with Gasteiger partial charge in [-0.2, -0.15) is 13.2 Å². The minimum absolute atomic E-state index is 0.0798. The van der Waals surface area contributed by atoms with Gasteiger partial charge in [0, 0.05) is 18.1 Å². The Hall–Kier alpha value is -2.03. The van der Waals surface area contributed by atoms with Crippen molar-refractivity contribution in [2.75, 3.05) is 17.7 Å². The second kappa shape index (κ2) is 5.53. The van der Waals surface area contributed by atoms with E-state index in [0.717, 1.165) is 23.5 Å². The molecule has 2 rings (SSSR count). The Morgan fingerprint density at radius 3 is 2.60 bits per heavy atom. The largest absolute Gasteiger partial charge is 0.416 e. The summed E-state index contributed by atoms with van der Waals surface area (Å²) in [6.07, 6.45) is -4.44. The van der Waals surface area contributed by atoms with Crippen LogP contribution in [0.1, 0.15) is 11.3 Å². The lowest BCUT2D eigenvalue weighted by Crippen LogP contribution is -2.10. The van der Waals surface area contributed by atoms with Crippen LogP contribution in [0.15, 0.2) is 22.3 Å². The van der Waals surface area contributed by atoms with Crippen LogP contribution >= 0.6 is 11.3 Å². The van der Waals surface area contributed by atoms with E-state index >= 15 is 0 Å². The molecule has 2 aromatic rings. The summed E-state index contributed by atoms with van der Waals surface area (Å²) in [6, 6.07) is 1.85. The second-order valence-corrected chi connectivity index (χ2v) is 4.74. The molecule has 0 saturated carbocycles. The SMILES string of the molecule is CNc1cc(C(F)(F)F)cc(NCc2csc(=O)[nH]2)n1. The number of nitrogens with one attached hydrogen (secondary N) is 3. The normalized spacial score (nSPS) is 11.4. The summed E-state index contributed by atoms with van der Waals surface area (Å²) >= 11 is 0.991. The number of rotatable bonds is 4. The summed E-state index contributed by atoms with van der Waals surface area (Å²) in [5, 5.41) is 6.92. The van der Waals surface area contributed by atoms with Gasteiger partial charge in [0.15, 0.2) is 0 Å². The first kappa shape index (κ1) is 14.4. The molecule has 0 aliphatic carbocycles. The fourth-order valence-electron chi connectivity index (χ4n) is 1.50. The molecule has 108 valence electrons. The zero-order valence-electron chi connectivity index (χ0n) is 10.3. The Labute approximate surface area is 115 Å². The molecular weight excluding hydrogens is 293 g/mol. The van der Waals surface area contributed by atoms with Gasteiger partial charge in [-0.3, -0.25) is 4.79 Å². The Bertz CT molecular complexity index is 650. The molecular formula is C11H11F3N4OS. The van der Waals surface area contributed by atoms with Crippen LogP contribution in [-0.4, -0.2) is 17.0 Å². The topological polar surface area (TPSA) is 69.8 Å². The van der Waals surface area contributed by atoms with Crippen molar-refractivity contribution in [1.29, 1.82) is 0 Å². The summed E-state index contributed by atoms with van der Waals surface area (Å²) in [7, 11) is 1.49. The number of anilines is 2. The summed E-state index contributed by atoms with van der Waals surface area (Å²) in [5.41, 5.74) is -0.205. The molecule has 0 aliphatic rings. The number of nitrogens with zero attached hydrogens (tertiary/aromatic N) is 1. The van der Waals surface area contributed by atoms with Crippen LogP contribution in [0.3, 0.4) is 0 Å². The highest BCUT2D eigenvalue weighted by Crippen LogP contribution is 2.32. The third kappa shape index (κ3) is 3.50. The highest BCUT2D eigenvalue weighted by molar-refractivity contribution is 7.07. The molecule has 0 unspecified atom stereocenters. The number of thiazole rings is 1. The summed E-state index contributed by atoms with van der Waals surface area (Å²) < 4.78 is 38.2. The number of hydrogen-bond donors (Lipinski definition) is 3. The molecule has 0 bridgehead atoms. The van der Waals surface area contributed by atoms with E-state index in [0.29, 0.717) is 5.69 Å². The fraction of sp³-hybridized carbons (Fsp3) is 0.273. The lowest BCUT2D eigenvalue weighted by atomic mass is 10.2. The third-order valence-electron chi connectivity index (χ3n) is 2.44. The predicted molar refractivity (Wildman–Crippen MR) is 71.1 cm³/mol. The van der Waals surface area contributed by atoms with E-state index in [9.17, 15) is 18.0 Å². The van der Waals surface area contributed by atoms with Crippen LogP contribution in [-0.2, 0) is 12.7 Å². The second-order valence-electron chi connectivity index (χ2n) is 3.90. The number of H-pyrrole nitrogens is 1. The van der Waals surface area contributed by atoms with Crippen LogP contribution in [0.4, 0.5) is 24.8 Å². The number of aromatic amines is 1. The van der Waals surface area contributed by atoms with Crippen LogP contribution in [0.2, 0.25) is 0 Å². The van der Waals surface area contributed by atoms with E-state index in [1.54, 1.807) is 5.38 Å². The predicted octanol–water partition coefficient (Wildman–Crippen LogP) is 2.50. The van der Waals surface area contributed by atoms with Crippen molar-refractivity contribution in [3.63, 3.8) is 0 Å². The highest BCUT2D eigenvalue weighted by Gasteiger charge is 2.31. The molecule has 5 nitrogen and oxygen atoms in total. The number of alkyl halides is 3. The van der Waals surface area contributed by atoms with Gasteiger partial charge in [-0.15, -0.1) is 0 Å². The van der Waals surface area contributed by atoms with Crippen LogP contribution < -0.4 is 15.5 Å². The number of hydrogen-bond acceptors (Lipinski definition) is 5. The van der Waals surface area contributed by atoms with Crippen LogP contribution in [0.25, 0.3) is 0 Å². The highest BCUT2D eigenvalue weighted by atomic mass is 32.1. The Kier molecular flexibility index (Phi) is 3.98. The minimum Gasteiger partial charge on any atom is -0.373 e. The first-order valence-corrected chi connectivity index (χ1v) is 6.44. The average Bonchev–Trinajstić information content (AvgIpc) is 2.81. The van der Waals surface area contributed by atoms with Gasteiger partial charge in [0.25, 0.3) is 0 Å². The molecule has 0 radical (unpaired) electrons. The molecule has 20 heavy (non-hydrogen) atoms. The molecule has 9 heteroatoms. The standard InChI is InChI=1S/C11H11F3N4OS/c1-15-8-2-6(11(12,13)14)3-9(18-8)16-4-7-5-20-10(19)17-7/h2-3,5H,4H2,1H3,(H,17,19)(H2,15,16,18). The Morgan fingerprint density at radius 1 is 1.35 bits per heavy atom. The van der Waals surface area contributed by atoms with Gasteiger partial charge in [0.1, 0.15) is 11.6 Å². The first-order valence-electron chi connectivity index (χ1n) is 5.56. The van der Waals surface area contributed by atoms with Crippen molar-refractivity contribution in [3.8, 4) is 0 Å². The maximum atomic E-state index is 12.7. The Balaban J connectivity index is 2.20. The number of pyridine rings is 1. The zero-order valence-corrected chi connectivity index (χ0v) is 11.2. The summed E-state index contributed by atoms with van der Waals surface area (Å²) in [5.74, 6) is 0.192. The van der Waals surface area contributed by atoms with Crippen molar-refractivity contribution in [3.05, 3.63) is 38.4 Å². The molecule has 0 fully saturated rings. The van der Waals surface area contributed by atoms with E-state index in [4.69, 9.17) is 0 Å². The van der Waals surface area contributed by atoms with Gasteiger partial charge in [-0.25, -0.2) is 4.98 Å². The number of aromatic nitrogens is 2. The quantitative estimate of drug-likeness (QED) is 0.812. The van der Waals surface area contributed by atoms with Gasteiger partial charge in [-0.1, -0.05) is 11.3 Å². The van der Waals surface area contributed by atoms with Crippen molar-refractivity contribution in [2.45, 2.75) is 12.7 Å². The monoisotopic (exact) mass is 304 g/mol. The third-order valence-corrected chi connectivity index (χ3v) is 3.16. The molecule has 2 heterocycles. The Morgan fingerprint density at radius 2 is 2.05 bits per heavy atom. The van der Waals surface area contributed by atoms with Gasteiger partial charge in [0.2, 0.25) is 0 Å². The van der Waals surface area contributed by atoms with Gasteiger partial charge in [0.05, 0.1) is 12.1 Å². The average molecular weight is 304 g/mol. The van der Waals surface area contributed by atoms with Gasteiger partial charge >= 0.3 is 11.0 Å².